The van der Waals surface area contributed by atoms with Crippen LogP contribution in [0.3, 0.4) is 0 Å². The maximum Gasteiger partial charge on any atom is 0.341 e. The molecular weight excluding hydrogens is 548 g/mol. The molecule has 0 aromatic carbocycles. The van der Waals surface area contributed by atoms with Gasteiger partial charge in [0, 0.05) is 31.1 Å². The predicted octanol–water partition coefficient (Wildman–Crippen LogP) is 1.58. The molecule has 0 amide bonds. The van der Waals surface area contributed by atoms with Crippen LogP contribution in [0.5, 0.6) is 0 Å². The smallest absolute Gasteiger partial charge is 0.341 e. The highest BCUT2D eigenvalue weighted by Gasteiger charge is 2.83. The first-order valence-corrected chi connectivity index (χ1v) is 15.6. The normalized spacial score (nSPS) is 59.8. The second kappa shape index (κ2) is 7.88. The third-order valence-electron chi connectivity index (χ3n) is 13.3. The zero-order valence-corrected chi connectivity index (χ0v) is 25.1. The van der Waals surface area contributed by atoms with Crippen LogP contribution in [0.2, 0.25) is 0 Å². The van der Waals surface area contributed by atoms with E-state index in [2.05, 4.69) is 0 Å². The molecule has 42 heavy (non-hydrogen) atoms. The van der Waals surface area contributed by atoms with Crippen molar-refractivity contribution in [2.75, 3.05) is 0 Å². The van der Waals surface area contributed by atoms with E-state index in [-0.39, 0.29) is 43.0 Å². The molecule has 2 spiro atoms. The lowest BCUT2D eigenvalue weighted by molar-refractivity contribution is -0.294. The Labute approximate surface area is 244 Å². The zero-order chi connectivity index (χ0) is 30.0. The van der Waals surface area contributed by atoms with Crippen molar-refractivity contribution >= 4 is 17.9 Å². The molecule has 11 nitrogen and oxygen atoms in total. The summed E-state index contributed by atoms with van der Waals surface area (Å²) < 4.78 is 37.3. The number of aliphatic hydroxyl groups excluding tert-OH is 1. The van der Waals surface area contributed by atoms with E-state index in [1.807, 2.05) is 27.7 Å². The molecule has 8 fully saturated rings. The number of hydrogen-bond acceptors (Lipinski definition) is 11. The Bertz CT molecular complexity index is 1280. The molecule has 5 heterocycles. The molecule has 0 aromatic heterocycles. The molecule has 15 unspecified atom stereocenters. The van der Waals surface area contributed by atoms with Crippen LogP contribution in [-0.2, 0) is 42.8 Å². The molecule has 11 heteroatoms. The maximum atomic E-state index is 12.8. The second-order valence-electron chi connectivity index (χ2n) is 15.5. The molecule has 3 saturated carbocycles. The Hall–Kier alpha value is -1.79. The van der Waals surface area contributed by atoms with Crippen molar-refractivity contribution in [1.82, 2.24) is 0 Å². The number of carbonyl (C=O) groups excluding carboxylic acids is 3. The first kappa shape index (κ1) is 27.7. The largest absolute Gasteiger partial charge is 0.459 e. The van der Waals surface area contributed by atoms with E-state index in [9.17, 15) is 24.6 Å². The Morgan fingerprint density at radius 2 is 1.74 bits per heavy atom. The molecule has 0 radical (unpaired) electrons. The van der Waals surface area contributed by atoms with Crippen molar-refractivity contribution in [3.8, 4) is 0 Å². The van der Waals surface area contributed by atoms with Crippen LogP contribution >= 0.6 is 0 Å². The monoisotopic (exact) mass is 590 g/mol. The summed E-state index contributed by atoms with van der Waals surface area (Å²) in [4.78, 5) is 37.9. The van der Waals surface area contributed by atoms with Gasteiger partial charge in [-0.25, -0.2) is 4.79 Å². The van der Waals surface area contributed by atoms with Gasteiger partial charge in [0.25, 0.3) is 0 Å². The fourth-order valence-corrected chi connectivity index (χ4v) is 11.6. The molecule has 0 bridgehead atoms. The average Bonchev–Trinajstić information content (AvgIpc) is 3.05. The lowest BCUT2D eigenvalue weighted by atomic mass is 9.49. The number of rotatable bonds is 2. The third kappa shape index (κ3) is 2.98. The van der Waals surface area contributed by atoms with E-state index in [0.717, 1.165) is 0 Å². The van der Waals surface area contributed by atoms with Gasteiger partial charge < -0.3 is 38.6 Å². The Balaban J connectivity index is 1.24. The van der Waals surface area contributed by atoms with Gasteiger partial charge in [0.1, 0.15) is 35.6 Å². The van der Waals surface area contributed by atoms with Gasteiger partial charge in [0.2, 0.25) is 0 Å². The van der Waals surface area contributed by atoms with Gasteiger partial charge in [0.15, 0.2) is 11.7 Å². The molecule has 232 valence electrons. The van der Waals surface area contributed by atoms with Gasteiger partial charge >= 0.3 is 17.9 Å². The van der Waals surface area contributed by atoms with Crippen molar-refractivity contribution in [2.45, 2.75) is 145 Å². The molecule has 5 aliphatic heterocycles. The predicted molar refractivity (Wildman–Crippen MR) is 140 cm³/mol. The van der Waals surface area contributed by atoms with E-state index in [1.165, 1.54) is 6.92 Å². The molecular formula is C31H42O11. The van der Waals surface area contributed by atoms with Crippen LogP contribution in [-0.4, -0.2) is 92.8 Å². The van der Waals surface area contributed by atoms with E-state index in [1.54, 1.807) is 6.92 Å². The topological polar surface area (TPSA) is 150 Å². The number of hydrogen-bond donors (Lipinski definition) is 2. The Morgan fingerprint density at radius 3 is 2.38 bits per heavy atom. The van der Waals surface area contributed by atoms with Crippen LogP contribution in [0.25, 0.3) is 0 Å². The summed E-state index contributed by atoms with van der Waals surface area (Å²) in [6, 6.07) is 0. The molecule has 2 N–H and O–H groups in total. The Kier molecular flexibility index (Phi) is 5.21. The maximum absolute atomic E-state index is 12.8. The summed E-state index contributed by atoms with van der Waals surface area (Å²) in [5, 5.41) is 24.8. The number of carbonyl (C=O) groups is 3. The van der Waals surface area contributed by atoms with Gasteiger partial charge in [-0.05, 0) is 57.8 Å². The van der Waals surface area contributed by atoms with Crippen LogP contribution < -0.4 is 0 Å². The van der Waals surface area contributed by atoms with Crippen LogP contribution in [0.1, 0.15) is 80.1 Å². The average molecular weight is 591 g/mol. The highest BCUT2D eigenvalue weighted by Crippen LogP contribution is 2.73. The minimum absolute atomic E-state index is 0.0662. The first-order chi connectivity index (χ1) is 19.5. The van der Waals surface area contributed by atoms with E-state index < -0.39 is 87.9 Å². The number of cyclic esters (lactones) is 1. The molecule has 0 aromatic rings. The number of fused-ring (bicyclic) bond motifs is 3. The second-order valence-corrected chi connectivity index (χ2v) is 15.5. The molecule has 5 saturated heterocycles. The molecule has 8 aliphatic rings. The zero-order valence-electron chi connectivity index (χ0n) is 25.1. The summed E-state index contributed by atoms with van der Waals surface area (Å²) in [7, 11) is 0. The lowest BCUT2D eigenvalue weighted by Crippen LogP contribution is -2.72. The number of aliphatic hydroxyl groups is 2. The Morgan fingerprint density at radius 1 is 1.02 bits per heavy atom. The summed E-state index contributed by atoms with van der Waals surface area (Å²) in [6.45, 7) is 11.1. The molecule has 8 rings (SSSR count). The van der Waals surface area contributed by atoms with Crippen molar-refractivity contribution in [3.05, 3.63) is 0 Å². The van der Waals surface area contributed by atoms with Gasteiger partial charge in [-0.15, -0.1) is 0 Å². The minimum atomic E-state index is -1.44. The molecule has 3 aliphatic carbocycles. The van der Waals surface area contributed by atoms with Crippen LogP contribution in [0.15, 0.2) is 0 Å². The van der Waals surface area contributed by atoms with Gasteiger partial charge in [-0.1, -0.05) is 13.8 Å². The molecule has 15 atom stereocenters. The third-order valence-corrected chi connectivity index (χ3v) is 13.3. The summed E-state index contributed by atoms with van der Waals surface area (Å²) in [6.07, 6.45) is -1.89. The minimum Gasteiger partial charge on any atom is -0.459 e. The van der Waals surface area contributed by atoms with E-state index >= 15 is 0 Å². The van der Waals surface area contributed by atoms with Gasteiger partial charge in [0.05, 0.1) is 23.7 Å². The van der Waals surface area contributed by atoms with Crippen LogP contribution in [0, 0.1) is 29.1 Å². The number of ether oxygens (including phenoxy) is 6. The fraction of sp³-hybridized carbons (Fsp3) is 0.903. The summed E-state index contributed by atoms with van der Waals surface area (Å²) >= 11 is 0. The SMILES string of the molecule is CC(=O)OC1CC2(O)CC34OC(=O)CC3OC(C)(C)C4CCC2C2(C)C(O)CC3C(C)C(C4OC(=O)C5(C)OC45)OC132. The van der Waals surface area contributed by atoms with E-state index in [0.29, 0.717) is 19.3 Å². The quantitative estimate of drug-likeness (QED) is 0.274. The summed E-state index contributed by atoms with van der Waals surface area (Å²) in [5.41, 5.74) is -6.15. The van der Waals surface area contributed by atoms with Crippen LogP contribution in [0.4, 0.5) is 0 Å². The van der Waals surface area contributed by atoms with E-state index in [4.69, 9.17) is 28.4 Å². The van der Waals surface area contributed by atoms with Crippen molar-refractivity contribution in [1.29, 1.82) is 0 Å². The number of epoxide rings is 1. The first-order valence-electron chi connectivity index (χ1n) is 15.6. The highest BCUT2D eigenvalue weighted by molar-refractivity contribution is 5.86. The number of esters is 3. The van der Waals surface area contributed by atoms with Gasteiger partial charge in [-0.2, -0.15) is 0 Å². The van der Waals surface area contributed by atoms with Crippen molar-refractivity contribution < 1.29 is 53.0 Å². The fourth-order valence-electron chi connectivity index (χ4n) is 11.6. The van der Waals surface area contributed by atoms with Gasteiger partial charge in [-0.3, -0.25) is 9.59 Å². The van der Waals surface area contributed by atoms with Crippen molar-refractivity contribution in [2.24, 2.45) is 29.1 Å². The highest BCUT2D eigenvalue weighted by atomic mass is 16.7. The lowest BCUT2D eigenvalue weighted by Gasteiger charge is -2.61. The standard InChI is InChI=1S/C31H42O11/c1-13-15-9-18(33)27(5)17-8-7-16-26(3,4)39-19-10-21(34)40-30(16,19)12-29(17,36)11-20(37-14(2)32)31(15,27)41-22(13)23-24-28(6,42-24)25(35)38-23/h13,15-20,22-24,33,36H,7-12H2,1-6H3. The summed E-state index contributed by atoms with van der Waals surface area (Å²) in [5.74, 6) is -2.23. The van der Waals surface area contributed by atoms with Crippen molar-refractivity contribution in [3.63, 3.8) is 0 Å².